The molecule has 0 N–H and O–H groups in total. The molecule has 0 spiro atoms. The largest absolute Gasteiger partial charge is 0.455 e. The highest BCUT2D eigenvalue weighted by Gasteiger charge is 2.21. The summed E-state index contributed by atoms with van der Waals surface area (Å²) in [6.07, 6.45) is 1.99. The van der Waals surface area contributed by atoms with Gasteiger partial charge in [0.1, 0.15) is 0 Å². The molecule has 2 aromatic rings. The van der Waals surface area contributed by atoms with Crippen LogP contribution < -0.4 is 0 Å². The van der Waals surface area contributed by atoms with Crippen LogP contribution in [0.2, 0.25) is 0 Å². The Morgan fingerprint density at radius 1 is 1.25 bits per heavy atom. The molecule has 1 aliphatic heterocycles. The molecule has 1 aliphatic rings. The van der Waals surface area contributed by atoms with Crippen molar-refractivity contribution in [3.8, 4) is 5.69 Å². The lowest BCUT2D eigenvalue weighted by Crippen LogP contribution is -2.40. The van der Waals surface area contributed by atoms with Crippen LogP contribution in [0.15, 0.2) is 23.4 Å². The molecule has 0 radical (unpaired) electrons. The molecule has 0 bridgehead atoms. The van der Waals surface area contributed by atoms with Crippen LogP contribution in [-0.2, 0) is 14.3 Å². The molecular weight excluding hydrogens is 378 g/mol. The van der Waals surface area contributed by atoms with E-state index in [4.69, 9.17) is 4.74 Å². The number of esters is 1. The van der Waals surface area contributed by atoms with Crippen LogP contribution in [0, 0.1) is 19.8 Å². The first kappa shape index (κ1) is 20.3. The third kappa shape index (κ3) is 5.09. The van der Waals surface area contributed by atoms with Crippen molar-refractivity contribution >= 4 is 23.6 Å². The number of carbonyl (C=O) groups excluding carboxylic acids is 2. The van der Waals surface area contributed by atoms with E-state index >= 15 is 0 Å². The summed E-state index contributed by atoms with van der Waals surface area (Å²) in [6.45, 7) is 7.41. The second-order valence-electron chi connectivity index (χ2n) is 7.18. The van der Waals surface area contributed by atoms with Crippen molar-refractivity contribution in [3.63, 3.8) is 0 Å². The van der Waals surface area contributed by atoms with Crippen molar-refractivity contribution in [3.05, 3.63) is 29.3 Å². The number of hydrogen-bond donors (Lipinski definition) is 0. The fourth-order valence-corrected chi connectivity index (χ4v) is 3.71. The minimum absolute atomic E-state index is 0.0373. The van der Waals surface area contributed by atoms with Gasteiger partial charge < -0.3 is 9.64 Å². The van der Waals surface area contributed by atoms with E-state index in [1.807, 2.05) is 32.0 Å². The Hall–Kier alpha value is -2.42. The highest BCUT2D eigenvalue weighted by atomic mass is 32.2. The second kappa shape index (κ2) is 9.18. The van der Waals surface area contributed by atoms with Crippen molar-refractivity contribution in [2.45, 2.75) is 38.8 Å². The summed E-state index contributed by atoms with van der Waals surface area (Å²) in [5.41, 5.74) is 3.00. The summed E-state index contributed by atoms with van der Waals surface area (Å²) in [7, 11) is 0. The third-order valence-corrected chi connectivity index (χ3v) is 5.74. The number of nitrogens with zero attached hydrogens (tertiary/aromatic N) is 5. The Bertz CT molecular complexity index is 846. The summed E-state index contributed by atoms with van der Waals surface area (Å²) in [6, 6.07) is 6.02. The molecule has 8 nitrogen and oxygen atoms in total. The highest BCUT2D eigenvalue weighted by Crippen LogP contribution is 2.22. The van der Waals surface area contributed by atoms with Crippen molar-refractivity contribution in [2.24, 2.45) is 5.92 Å². The van der Waals surface area contributed by atoms with E-state index in [9.17, 15) is 9.59 Å². The molecule has 9 heteroatoms. The van der Waals surface area contributed by atoms with Gasteiger partial charge in [-0.25, -0.2) is 0 Å². The Kier molecular flexibility index (Phi) is 6.66. The van der Waals surface area contributed by atoms with Crippen molar-refractivity contribution < 1.29 is 14.3 Å². The first-order valence-corrected chi connectivity index (χ1v) is 10.3. The number of likely N-dealkylation sites (tertiary alicyclic amines) is 1. The lowest BCUT2D eigenvalue weighted by molar-refractivity contribution is -0.150. The first-order valence-electron chi connectivity index (χ1n) is 9.36. The van der Waals surface area contributed by atoms with Crippen LogP contribution in [0.25, 0.3) is 5.69 Å². The number of rotatable bonds is 6. The third-order valence-electron chi connectivity index (χ3n) is 4.85. The van der Waals surface area contributed by atoms with Crippen molar-refractivity contribution in [1.82, 2.24) is 25.1 Å². The fourth-order valence-electron chi connectivity index (χ4n) is 3.02. The van der Waals surface area contributed by atoms with Gasteiger partial charge in [0.15, 0.2) is 6.61 Å². The van der Waals surface area contributed by atoms with Gasteiger partial charge in [-0.1, -0.05) is 30.8 Å². The van der Waals surface area contributed by atoms with Gasteiger partial charge in [0, 0.05) is 13.1 Å². The van der Waals surface area contributed by atoms with Gasteiger partial charge in [0.2, 0.25) is 5.16 Å². The topological polar surface area (TPSA) is 90.2 Å². The maximum Gasteiger partial charge on any atom is 0.316 e. The number of carbonyl (C=O) groups is 2. The Morgan fingerprint density at radius 3 is 2.75 bits per heavy atom. The summed E-state index contributed by atoms with van der Waals surface area (Å²) in [4.78, 5) is 26.0. The highest BCUT2D eigenvalue weighted by molar-refractivity contribution is 7.99. The van der Waals surface area contributed by atoms with E-state index < -0.39 is 5.97 Å². The predicted molar refractivity (Wildman–Crippen MR) is 105 cm³/mol. The summed E-state index contributed by atoms with van der Waals surface area (Å²) < 4.78 is 6.75. The lowest BCUT2D eigenvalue weighted by Gasteiger charge is -2.30. The van der Waals surface area contributed by atoms with Gasteiger partial charge in [-0.3, -0.25) is 9.59 Å². The molecule has 3 rings (SSSR count). The zero-order chi connectivity index (χ0) is 20.1. The molecule has 28 heavy (non-hydrogen) atoms. The average Bonchev–Trinajstić information content (AvgIpc) is 3.15. The number of hydrogen-bond acceptors (Lipinski definition) is 7. The summed E-state index contributed by atoms with van der Waals surface area (Å²) in [5, 5.41) is 12.2. The Labute approximate surface area is 168 Å². The smallest absolute Gasteiger partial charge is 0.316 e. The normalized spacial score (nSPS) is 14.9. The van der Waals surface area contributed by atoms with E-state index in [2.05, 4.69) is 22.4 Å². The summed E-state index contributed by atoms with van der Waals surface area (Å²) in [5.74, 6) is 0.0888. The predicted octanol–water partition coefficient (Wildman–Crippen LogP) is 2.17. The van der Waals surface area contributed by atoms with Crippen LogP contribution >= 0.6 is 11.8 Å². The van der Waals surface area contributed by atoms with Crippen LogP contribution in [0.4, 0.5) is 0 Å². The van der Waals surface area contributed by atoms with Gasteiger partial charge in [-0.2, -0.15) is 4.68 Å². The van der Waals surface area contributed by atoms with Crippen molar-refractivity contribution in [1.29, 1.82) is 0 Å². The molecule has 150 valence electrons. The lowest BCUT2D eigenvalue weighted by atomic mass is 9.99. The monoisotopic (exact) mass is 403 g/mol. The molecule has 0 saturated carbocycles. The Morgan fingerprint density at radius 2 is 2.00 bits per heavy atom. The number of piperidine rings is 1. The van der Waals surface area contributed by atoms with Crippen molar-refractivity contribution in [2.75, 3.05) is 25.4 Å². The Balaban J connectivity index is 1.51. The molecule has 0 atom stereocenters. The van der Waals surface area contributed by atoms with Gasteiger partial charge >= 0.3 is 5.97 Å². The number of benzene rings is 1. The number of thioether (sulfide) groups is 1. The van der Waals surface area contributed by atoms with Crippen LogP contribution in [0.3, 0.4) is 0 Å². The fraction of sp³-hybridized carbons (Fsp3) is 0.526. The van der Waals surface area contributed by atoms with Crippen LogP contribution in [0.1, 0.15) is 30.9 Å². The molecule has 2 heterocycles. The SMILES string of the molecule is Cc1ccc(C)c(-n2nnnc2SCC(=O)OCC(=O)N2CCC(C)CC2)c1. The average molecular weight is 404 g/mol. The van der Waals surface area contributed by atoms with Crippen LogP contribution in [0.5, 0.6) is 0 Å². The van der Waals surface area contributed by atoms with Gasteiger partial charge in [-0.05, 0) is 60.2 Å². The molecule has 1 aromatic carbocycles. The molecule has 1 fully saturated rings. The number of ether oxygens (including phenoxy) is 1. The van der Waals surface area contributed by atoms with E-state index in [-0.39, 0.29) is 18.3 Å². The maximum atomic E-state index is 12.2. The van der Waals surface area contributed by atoms with E-state index in [1.54, 1.807) is 9.58 Å². The number of aromatic nitrogens is 4. The van der Waals surface area contributed by atoms with E-state index in [1.165, 1.54) is 11.8 Å². The standard InChI is InChI=1S/C19H25N5O3S/c1-13-6-8-23(9-7-13)17(25)11-27-18(26)12-28-19-20-21-22-24(19)16-10-14(2)4-5-15(16)3/h4-5,10,13H,6-9,11-12H2,1-3H3. The quantitative estimate of drug-likeness (QED) is 0.539. The molecular formula is C19H25N5O3S. The van der Waals surface area contributed by atoms with E-state index in [0.717, 1.165) is 42.7 Å². The summed E-state index contributed by atoms with van der Waals surface area (Å²) >= 11 is 1.19. The van der Waals surface area contributed by atoms with E-state index in [0.29, 0.717) is 11.1 Å². The molecule has 1 amide bonds. The number of aryl methyl sites for hydroxylation is 2. The van der Waals surface area contributed by atoms with Gasteiger partial charge in [0.05, 0.1) is 11.4 Å². The minimum Gasteiger partial charge on any atom is -0.455 e. The molecule has 0 unspecified atom stereocenters. The minimum atomic E-state index is -0.459. The second-order valence-corrected chi connectivity index (χ2v) is 8.12. The first-order chi connectivity index (χ1) is 13.4. The maximum absolute atomic E-state index is 12.2. The van der Waals surface area contributed by atoms with Gasteiger partial charge in [-0.15, -0.1) is 5.10 Å². The number of amides is 1. The molecule has 1 saturated heterocycles. The number of tetrazole rings is 1. The zero-order valence-electron chi connectivity index (χ0n) is 16.4. The van der Waals surface area contributed by atoms with Crippen LogP contribution in [-0.4, -0.2) is 62.4 Å². The zero-order valence-corrected chi connectivity index (χ0v) is 17.2. The molecule has 1 aromatic heterocycles. The van der Waals surface area contributed by atoms with Gasteiger partial charge in [0.25, 0.3) is 5.91 Å². The molecule has 0 aliphatic carbocycles.